The Labute approximate surface area is 102 Å². The van der Waals surface area contributed by atoms with Gasteiger partial charge in [0.2, 0.25) is 5.91 Å². The molecule has 1 saturated heterocycles. The summed E-state index contributed by atoms with van der Waals surface area (Å²) in [6, 6.07) is 0.334. The van der Waals surface area contributed by atoms with E-state index >= 15 is 0 Å². The molecule has 0 bridgehead atoms. The van der Waals surface area contributed by atoms with Crippen molar-refractivity contribution in [2.45, 2.75) is 32.4 Å². The van der Waals surface area contributed by atoms with Gasteiger partial charge in [-0.15, -0.1) is 0 Å². The Morgan fingerprint density at radius 1 is 1.69 bits per heavy atom. The van der Waals surface area contributed by atoms with Crippen LogP contribution in [0.5, 0.6) is 0 Å². The lowest BCUT2D eigenvalue weighted by atomic mass is 10.2. The Kier molecular flexibility index (Phi) is 6.84. The highest BCUT2D eigenvalue weighted by Gasteiger charge is 2.16. The molecule has 4 nitrogen and oxygen atoms in total. The molecule has 1 rings (SSSR count). The zero-order valence-corrected chi connectivity index (χ0v) is 10.9. The third-order valence-electron chi connectivity index (χ3n) is 2.47. The number of thioether (sulfide) groups is 1. The van der Waals surface area contributed by atoms with Gasteiger partial charge in [-0.2, -0.15) is 11.8 Å². The molecule has 1 heterocycles. The summed E-state index contributed by atoms with van der Waals surface area (Å²) in [7, 11) is 0. The number of hydrogen-bond acceptors (Lipinski definition) is 4. The molecule has 0 aromatic carbocycles. The lowest BCUT2D eigenvalue weighted by Crippen LogP contribution is -2.42. The van der Waals surface area contributed by atoms with Crippen LogP contribution in [0.4, 0.5) is 0 Å². The highest BCUT2D eigenvalue weighted by molar-refractivity contribution is 7.99. The fourth-order valence-electron chi connectivity index (χ4n) is 1.65. The molecule has 94 valence electrons. The topological polar surface area (TPSA) is 50.4 Å². The zero-order chi connectivity index (χ0) is 11.8. The summed E-state index contributed by atoms with van der Waals surface area (Å²) in [4.78, 5) is 11.6. The molecule has 2 N–H and O–H groups in total. The number of hydrogen-bond donors (Lipinski definition) is 2. The maximum atomic E-state index is 11.6. The molecule has 0 saturated carbocycles. The van der Waals surface area contributed by atoms with Crippen molar-refractivity contribution in [3.05, 3.63) is 0 Å². The molecule has 1 fully saturated rings. The summed E-state index contributed by atoms with van der Waals surface area (Å²) < 4.78 is 5.35. The van der Waals surface area contributed by atoms with E-state index in [-0.39, 0.29) is 12.0 Å². The average Bonchev–Trinajstić information content (AvgIpc) is 2.28. The Morgan fingerprint density at radius 2 is 2.50 bits per heavy atom. The number of carbonyl (C=O) groups excluding carboxylic acids is 1. The van der Waals surface area contributed by atoms with Crippen LogP contribution in [-0.4, -0.2) is 49.3 Å². The number of nitrogens with one attached hydrogen (secondary N) is 2. The monoisotopic (exact) mass is 246 g/mol. The summed E-state index contributed by atoms with van der Waals surface area (Å²) in [6.07, 6.45) is 0.675. The van der Waals surface area contributed by atoms with Gasteiger partial charge in [0.05, 0.1) is 6.10 Å². The summed E-state index contributed by atoms with van der Waals surface area (Å²) in [5.74, 6) is 2.31. The molecule has 0 aromatic rings. The fourth-order valence-corrected chi connectivity index (χ4v) is 2.60. The van der Waals surface area contributed by atoms with Crippen LogP contribution in [0.1, 0.15) is 20.3 Å². The normalized spacial score (nSPS) is 22.8. The number of ether oxygens (including phenoxy) is 1. The molecule has 0 aliphatic carbocycles. The molecule has 5 heteroatoms. The Hall–Kier alpha value is -0.260. The smallest absolute Gasteiger partial charge is 0.221 e. The van der Waals surface area contributed by atoms with Gasteiger partial charge in [-0.05, 0) is 13.8 Å². The number of rotatable bonds is 6. The van der Waals surface area contributed by atoms with Crippen LogP contribution in [0.3, 0.4) is 0 Å². The molecule has 1 amide bonds. The Balaban J connectivity index is 2.10. The van der Waals surface area contributed by atoms with Crippen LogP contribution >= 0.6 is 11.8 Å². The molecule has 1 aliphatic heterocycles. The fraction of sp³-hybridized carbons (Fsp3) is 0.909. The van der Waals surface area contributed by atoms with E-state index in [1.54, 1.807) is 0 Å². The minimum absolute atomic E-state index is 0.0997. The average molecular weight is 246 g/mol. The van der Waals surface area contributed by atoms with Crippen molar-refractivity contribution in [3.8, 4) is 0 Å². The predicted molar refractivity (Wildman–Crippen MR) is 67.8 cm³/mol. The van der Waals surface area contributed by atoms with E-state index in [1.165, 1.54) is 0 Å². The van der Waals surface area contributed by atoms with Gasteiger partial charge in [0.15, 0.2) is 0 Å². The minimum atomic E-state index is 0.0997. The molecule has 16 heavy (non-hydrogen) atoms. The quantitative estimate of drug-likeness (QED) is 0.721. The summed E-state index contributed by atoms with van der Waals surface area (Å²) in [6.45, 7) is 6.24. The second kappa shape index (κ2) is 7.92. The maximum absolute atomic E-state index is 11.6. The van der Waals surface area contributed by atoms with Gasteiger partial charge in [0, 0.05) is 43.7 Å². The van der Waals surface area contributed by atoms with Crippen molar-refractivity contribution >= 4 is 17.7 Å². The highest BCUT2D eigenvalue weighted by Crippen LogP contribution is 2.09. The van der Waals surface area contributed by atoms with E-state index < -0.39 is 0 Å². The molecule has 2 unspecified atom stereocenters. The van der Waals surface area contributed by atoms with E-state index in [0.29, 0.717) is 25.6 Å². The number of carbonyl (C=O) groups is 1. The van der Waals surface area contributed by atoms with Gasteiger partial charge in [-0.3, -0.25) is 4.79 Å². The van der Waals surface area contributed by atoms with Crippen LogP contribution < -0.4 is 10.6 Å². The van der Waals surface area contributed by atoms with Crippen LogP contribution in [0, 0.1) is 0 Å². The van der Waals surface area contributed by atoms with Gasteiger partial charge < -0.3 is 15.4 Å². The molecule has 1 aliphatic rings. The molecular formula is C11H22N2O2S. The van der Waals surface area contributed by atoms with Gasteiger partial charge in [-0.25, -0.2) is 0 Å². The van der Waals surface area contributed by atoms with Crippen LogP contribution in [0.2, 0.25) is 0 Å². The lowest BCUT2D eigenvalue weighted by molar-refractivity contribution is -0.122. The summed E-state index contributed by atoms with van der Waals surface area (Å²) in [5.41, 5.74) is 0. The van der Waals surface area contributed by atoms with E-state index in [4.69, 9.17) is 4.74 Å². The first-order chi connectivity index (χ1) is 7.72. The molecule has 0 radical (unpaired) electrons. The second-order valence-corrected chi connectivity index (χ2v) is 5.15. The molecule has 2 atom stereocenters. The van der Waals surface area contributed by atoms with Crippen molar-refractivity contribution in [1.29, 1.82) is 0 Å². The summed E-state index contributed by atoms with van der Waals surface area (Å²) >= 11 is 1.91. The van der Waals surface area contributed by atoms with E-state index in [0.717, 1.165) is 18.1 Å². The summed E-state index contributed by atoms with van der Waals surface area (Å²) in [5, 5.41) is 6.25. The van der Waals surface area contributed by atoms with Crippen LogP contribution in [0.25, 0.3) is 0 Å². The maximum Gasteiger partial charge on any atom is 0.221 e. The lowest BCUT2D eigenvalue weighted by Gasteiger charge is -2.22. The van der Waals surface area contributed by atoms with Crippen molar-refractivity contribution in [2.75, 3.05) is 31.2 Å². The molecular weight excluding hydrogens is 224 g/mol. The van der Waals surface area contributed by atoms with Gasteiger partial charge >= 0.3 is 0 Å². The predicted octanol–water partition coefficient (Wildman–Crippen LogP) is 0.623. The van der Waals surface area contributed by atoms with Gasteiger partial charge in [0.25, 0.3) is 0 Å². The van der Waals surface area contributed by atoms with Crippen molar-refractivity contribution in [2.24, 2.45) is 0 Å². The first-order valence-corrected chi connectivity index (χ1v) is 7.07. The minimum Gasteiger partial charge on any atom is -0.377 e. The molecule has 0 spiro atoms. The van der Waals surface area contributed by atoms with Crippen molar-refractivity contribution in [1.82, 2.24) is 10.6 Å². The van der Waals surface area contributed by atoms with E-state index in [2.05, 4.69) is 10.6 Å². The third kappa shape index (κ3) is 5.72. The van der Waals surface area contributed by atoms with Crippen LogP contribution in [0.15, 0.2) is 0 Å². The Bertz CT molecular complexity index is 208. The second-order valence-electron chi connectivity index (χ2n) is 4.00. The zero-order valence-electron chi connectivity index (χ0n) is 10.1. The Morgan fingerprint density at radius 3 is 3.12 bits per heavy atom. The van der Waals surface area contributed by atoms with Crippen molar-refractivity contribution < 1.29 is 9.53 Å². The highest BCUT2D eigenvalue weighted by atomic mass is 32.2. The molecule has 0 aromatic heterocycles. The van der Waals surface area contributed by atoms with Gasteiger partial charge in [0.1, 0.15) is 0 Å². The van der Waals surface area contributed by atoms with Crippen LogP contribution in [-0.2, 0) is 9.53 Å². The number of amides is 1. The van der Waals surface area contributed by atoms with Gasteiger partial charge in [-0.1, -0.05) is 0 Å². The van der Waals surface area contributed by atoms with E-state index in [1.807, 2.05) is 25.6 Å². The SMILES string of the molecule is CCOC(C)CNC(=O)CC1CSCCN1. The first kappa shape index (κ1) is 13.8. The first-order valence-electron chi connectivity index (χ1n) is 5.91. The van der Waals surface area contributed by atoms with E-state index in [9.17, 15) is 4.79 Å². The standard InChI is InChI=1S/C11H22N2O2S/c1-3-15-9(2)7-13-11(14)6-10-8-16-5-4-12-10/h9-10,12H,3-8H2,1-2H3,(H,13,14). The van der Waals surface area contributed by atoms with Crippen molar-refractivity contribution in [3.63, 3.8) is 0 Å². The largest absolute Gasteiger partial charge is 0.377 e. The third-order valence-corrected chi connectivity index (χ3v) is 3.60.